The topological polar surface area (TPSA) is 29.1 Å². The zero-order valence-electron chi connectivity index (χ0n) is 9.21. The van der Waals surface area contributed by atoms with Crippen LogP contribution in [-0.4, -0.2) is 18.6 Å². The van der Waals surface area contributed by atoms with Crippen LogP contribution in [-0.2, 0) is 4.79 Å². The summed E-state index contributed by atoms with van der Waals surface area (Å²) in [5.41, 5.74) is 1.83. The summed E-state index contributed by atoms with van der Waals surface area (Å²) < 4.78 is 35.4. The van der Waals surface area contributed by atoms with Gasteiger partial charge in [-0.25, -0.2) is 0 Å². The predicted molar refractivity (Wildman–Crippen MR) is 59.3 cm³/mol. The first kappa shape index (κ1) is 13.3. The van der Waals surface area contributed by atoms with Gasteiger partial charge in [0.2, 0.25) is 5.91 Å². The molecule has 0 atom stereocenters. The summed E-state index contributed by atoms with van der Waals surface area (Å²) in [7, 11) is 0. The van der Waals surface area contributed by atoms with Crippen molar-refractivity contribution in [3.8, 4) is 0 Å². The van der Waals surface area contributed by atoms with E-state index < -0.39 is 18.6 Å². The van der Waals surface area contributed by atoms with E-state index in [1.54, 1.807) is 17.4 Å². The highest BCUT2D eigenvalue weighted by atomic mass is 19.4. The van der Waals surface area contributed by atoms with E-state index in [9.17, 15) is 18.0 Å². The van der Waals surface area contributed by atoms with E-state index in [0.717, 1.165) is 17.2 Å². The van der Waals surface area contributed by atoms with Crippen LogP contribution in [0.2, 0.25) is 0 Å². The number of amides is 1. The quantitative estimate of drug-likeness (QED) is 0.812. The molecule has 0 saturated heterocycles. The number of alkyl halides is 3. The normalized spacial score (nSPS) is 11.8. The molecule has 0 aliphatic carbocycles. The Kier molecular flexibility index (Phi) is 4.31. The minimum absolute atomic E-state index is 0.761. The maximum atomic E-state index is 11.8. The summed E-state index contributed by atoms with van der Waals surface area (Å²) in [6.07, 6.45) is -1.84. The Hall–Kier alpha value is -1.78. The van der Waals surface area contributed by atoms with Crippen LogP contribution in [0.1, 0.15) is 11.1 Å². The van der Waals surface area contributed by atoms with Gasteiger partial charge in [0.15, 0.2) is 0 Å². The first-order valence-electron chi connectivity index (χ1n) is 4.96. The SMILES string of the molecule is Cc1ccc(C=CC(=O)NCC(F)(F)F)cc1. The highest BCUT2D eigenvalue weighted by Gasteiger charge is 2.27. The van der Waals surface area contributed by atoms with Crippen LogP contribution in [0, 0.1) is 6.92 Å². The van der Waals surface area contributed by atoms with Gasteiger partial charge in [-0.2, -0.15) is 13.2 Å². The summed E-state index contributed by atoms with van der Waals surface area (Å²) in [5, 5.41) is 1.75. The Balaban J connectivity index is 2.48. The van der Waals surface area contributed by atoms with Crippen LogP contribution >= 0.6 is 0 Å². The Morgan fingerprint density at radius 1 is 1.29 bits per heavy atom. The fourth-order valence-corrected chi connectivity index (χ4v) is 1.10. The zero-order chi connectivity index (χ0) is 12.9. The summed E-state index contributed by atoms with van der Waals surface area (Å²) in [6.45, 7) is 0.605. The van der Waals surface area contributed by atoms with Crippen LogP contribution in [0.15, 0.2) is 30.3 Å². The third kappa shape index (κ3) is 5.75. The van der Waals surface area contributed by atoms with Gasteiger partial charge < -0.3 is 5.32 Å². The smallest absolute Gasteiger partial charge is 0.343 e. The second kappa shape index (κ2) is 5.52. The van der Waals surface area contributed by atoms with E-state index in [4.69, 9.17) is 0 Å². The molecule has 0 aliphatic heterocycles. The molecule has 0 unspecified atom stereocenters. The van der Waals surface area contributed by atoms with Gasteiger partial charge in [-0.3, -0.25) is 4.79 Å². The van der Waals surface area contributed by atoms with Gasteiger partial charge >= 0.3 is 6.18 Å². The molecule has 0 fully saturated rings. The lowest BCUT2D eigenvalue weighted by Gasteiger charge is -2.05. The van der Waals surface area contributed by atoms with Crippen molar-refractivity contribution < 1.29 is 18.0 Å². The predicted octanol–water partition coefficient (Wildman–Crippen LogP) is 2.69. The highest BCUT2D eigenvalue weighted by Crippen LogP contribution is 2.12. The van der Waals surface area contributed by atoms with Crippen LogP contribution in [0.25, 0.3) is 6.08 Å². The number of carbonyl (C=O) groups is 1. The Labute approximate surface area is 97.1 Å². The fraction of sp³-hybridized carbons (Fsp3) is 0.250. The third-order valence-corrected chi connectivity index (χ3v) is 1.97. The maximum Gasteiger partial charge on any atom is 0.405 e. The first-order chi connectivity index (χ1) is 7.87. The van der Waals surface area contributed by atoms with Crippen molar-refractivity contribution in [1.82, 2.24) is 5.32 Å². The lowest BCUT2D eigenvalue weighted by molar-refractivity contribution is -0.135. The number of nitrogens with one attached hydrogen (secondary N) is 1. The van der Waals surface area contributed by atoms with Crippen molar-refractivity contribution in [3.63, 3.8) is 0 Å². The molecule has 0 aliphatic rings. The van der Waals surface area contributed by atoms with Crippen LogP contribution in [0.3, 0.4) is 0 Å². The molecule has 0 radical (unpaired) electrons. The Bertz CT molecular complexity index is 407. The first-order valence-corrected chi connectivity index (χ1v) is 4.96. The number of benzene rings is 1. The van der Waals surface area contributed by atoms with Gasteiger partial charge in [0.1, 0.15) is 6.54 Å². The van der Waals surface area contributed by atoms with E-state index in [1.807, 2.05) is 19.1 Å². The molecule has 0 spiro atoms. The van der Waals surface area contributed by atoms with Gasteiger partial charge in [-0.1, -0.05) is 29.8 Å². The monoisotopic (exact) mass is 243 g/mol. The van der Waals surface area contributed by atoms with Gasteiger partial charge in [0.05, 0.1) is 0 Å². The molecule has 92 valence electrons. The number of halogens is 3. The maximum absolute atomic E-state index is 11.8. The van der Waals surface area contributed by atoms with E-state index >= 15 is 0 Å². The molecule has 1 aromatic rings. The number of aryl methyl sites for hydroxylation is 1. The second-order valence-electron chi connectivity index (χ2n) is 3.58. The van der Waals surface area contributed by atoms with Crippen LogP contribution in [0.4, 0.5) is 13.2 Å². The molecule has 1 aromatic carbocycles. The molecule has 5 heteroatoms. The zero-order valence-corrected chi connectivity index (χ0v) is 9.21. The van der Waals surface area contributed by atoms with Gasteiger partial charge in [-0.05, 0) is 18.6 Å². The van der Waals surface area contributed by atoms with Crippen molar-refractivity contribution >= 4 is 12.0 Å². The molecule has 2 nitrogen and oxygen atoms in total. The number of hydrogen-bond acceptors (Lipinski definition) is 1. The minimum Gasteiger partial charge on any atom is -0.343 e. The van der Waals surface area contributed by atoms with Crippen molar-refractivity contribution in [2.45, 2.75) is 13.1 Å². The van der Waals surface area contributed by atoms with Gasteiger partial charge in [0.25, 0.3) is 0 Å². The summed E-state index contributed by atoms with van der Waals surface area (Å²) in [6, 6.07) is 7.27. The number of rotatable bonds is 3. The summed E-state index contributed by atoms with van der Waals surface area (Å²) in [5.74, 6) is -0.761. The Morgan fingerprint density at radius 3 is 2.41 bits per heavy atom. The minimum atomic E-state index is -4.38. The molecule has 0 heterocycles. The summed E-state index contributed by atoms with van der Waals surface area (Å²) >= 11 is 0. The highest BCUT2D eigenvalue weighted by molar-refractivity contribution is 5.91. The fourth-order valence-electron chi connectivity index (χ4n) is 1.10. The van der Waals surface area contributed by atoms with Crippen LogP contribution in [0.5, 0.6) is 0 Å². The standard InChI is InChI=1S/C12H12F3NO/c1-9-2-4-10(5-3-9)6-7-11(17)16-8-12(13,14)15/h2-7H,8H2,1H3,(H,16,17). The molecule has 1 N–H and O–H groups in total. The molecule has 0 bridgehead atoms. The molecule has 0 aromatic heterocycles. The lowest BCUT2D eigenvalue weighted by Crippen LogP contribution is -2.32. The molecule has 1 rings (SSSR count). The van der Waals surface area contributed by atoms with Crippen molar-refractivity contribution in [2.24, 2.45) is 0 Å². The number of hydrogen-bond donors (Lipinski definition) is 1. The van der Waals surface area contributed by atoms with Crippen molar-refractivity contribution in [1.29, 1.82) is 0 Å². The van der Waals surface area contributed by atoms with E-state index in [1.165, 1.54) is 6.08 Å². The molecule has 1 amide bonds. The third-order valence-electron chi connectivity index (χ3n) is 1.97. The van der Waals surface area contributed by atoms with Gasteiger partial charge in [0, 0.05) is 6.08 Å². The molecule has 17 heavy (non-hydrogen) atoms. The molecular weight excluding hydrogens is 231 g/mol. The average molecular weight is 243 g/mol. The van der Waals surface area contributed by atoms with E-state index in [-0.39, 0.29) is 0 Å². The van der Waals surface area contributed by atoms with E-state index in [0.29, 0.717) is 0 Å². The second-order valence-corrected chi connectivity index (χ2v) is 3.58. The number of carbonyl (C=O) groups excluding carboxylic acids is 1. The summed E-state index contributed by atoms with van der Waals surface area (Å²) in [4.78, 5) is 11.0. The average Bonchev–Trinajstić information content (AvgIpc) is 2.25. The van der Waals surface area contributed by atoms with Crippen LogP contribution < -0.4 is 5.32 Å². The molecule has 0 saturated carbocycles. The van der Waals surface area contributed by atoms with Gasteiger partial charge in [-0.15, -0.1) is 0 Å². The lowest BCUT2D eigenvalue weighted by atomic mass is 10.1. The Morgan fingerprint density at radius 2 is 1.88 bits per heavy atom. The van der Waals surface area contributed by atoms with Crippen molar-refractivity contribution in [3.05, 3.63) is 41.5 Å². The molecular formula is C12H12F3NO. The largest absolute Gasteiger partial charge is 0.405 e. The van der Waals surface area contributed by atoms with E-state index in [2.05, 4.69) is 0 Å². The van der Waals surface area contributed by atoms with Crippen molar-refractivity contribution in [2.75, 3.05) is 6.54 Å².